The minimum Gasteiger partial charge on any atom is -0.300 e. The Morgan fingerprint density at radius 2 is 1.94 bits per heavy atom. The van der Waals surface area contributed by atoms with Gasteiger partial charge in [-0.25, -0.2) is 9.78 Å². The van der Waals surface area contributed by atoms with E-state index in [1.54, 1.807) is 24.3 Å². The highest BCUT2D eigenvalue weighted by Gasteiger charge is 2.14. The smallest absolute Gasteiger partial charge is 0.132 e. The predicted molar refractivity (Wildman–Crippen MR) is 55.6 cm³/mol. The average Bonchev–Trinajstić information content (AvgIpc) is 2.27. The van der Waals surface area contributed by atoms with Crippen molar-refractivity contribution in [3.8, 4) is 0 Å². The van der Waals surface area contributed by atoms with Gasteiger partial charge in [0.15, 0.2) is 0 Å². The first-order valence-corrected chi connectivity index (χ1v) is 4.82. The van der Waals surface area contributed by atoms with Gasteiger partial charge in [-0.1, -0.05) is 24.3 Å². The zero-order valence-corrected chi connectivity index (χ0v) is 8.92. The van der Waals surface area contributed by atoms with Crippen molar-refractivity contribution in [2.75, 3.05) is 0 Å². The Morgan fingerprint density at radius 3 is 2.38 bits per heavy atom. The third kappa shape index (κ3) is 3.71. The number of benzene rings is 1. The standard InChI is InChI=1S/C11H14O5/c1-8(12)6-11(16-14)10-4-2-9(3-5-10)7-15-13/h2-5,11,13-14H,6-7H2,1H3. The summed E-state index contributed by atoms with van der Waals surface area (Å²) >= 11 is 0. The number of carbonyl (C=O) groups is 1. The van der Waals surface area contributed by atoms with Gasteiger partial charge < -0.3 is 0 Å². The molecule has 0 aliphatic rings. The molecule has 0 fully saturated rings. The first-order valence-electron chi connectivity index (χ1n) is 4.82. The molecule has 5 heteroatoms. The molecular weight excluding hydrogens is 212 g/mol. The maximum absolute atomic E-state index is 10.9. The van der Waals surface area contributed by atoms with Crippen molar-refractivity contribution in [2.24, 2.45) is 0 Å². The summed E-state index contributed by atoms with van der Waals surface area (Å²) in [6.45, 7) is 1.53. The SMILES string of the molecule is CC(=O)CC(OO)c1ccc(COO)cc1. The zero-order chi connectivity index (χ0) is 12.0. The van der Waals surface area contributed by atoms with Gasteiger partial charge in [-0.3, -0.25) is 15.3 Å². The van der Waals surface area contributed by atoms with Crippen molar-refractivity contribution < 1.29 is 25.1 Å². The molecule has 88 valence electrons. The fraction of sp³-hybridized carbons (Fsp3) is 0.364. The molecule has 0 radical (unpaired) electrons. The van der Waals surface area contributed by atoms with Crippen LogP contribution in [0.5, 0.6) is 0 Å². The Labute approximate surface area is 93.1 Å². The topological polar surface area (TPSA) is 76.0 Å². The lowest BCUT2D eigenvalue weighted by molar-refractivity contribution is -0.281. The molecule has 0 saturated carbocycles. The molecule has 0 aromatic heterocycles. The molecule has 2 N–H and O–H groups in total. The van der Waals surface area contributed by atoms with Gasteiger partial charge in [0.05, 0.1) is 0 Å². The molecule has 0 aliphatic carbocycles. The van der Waals surface area contributed by atoms with Crippen LogP contribution in [0.15, 0.2) is 24.3 Å². The molecule has 5 nitrogen and oxygen atoms in total. The maximum Gasteiger partial charge on any atom is 0.132 e. The molecule has 0 saturated heterocycles. The number of hydrogen-bond donors (Lipinski definition) is 2. The first kappa shape index (κ1) is 12.8. The van der Waals surface area contributed by atoms with Gasteiger partial charge in [-0.05, 0) is 18.1 Å². The molecule has 1 rings (SSSR count). The van der Waals surface area contributed by atoms with Crippen molar-refractivity contribution in [2.45, 2.75) is 26.1 Å². The molecule has 0 aliphatic heterocycles. The van der Waals surface area contributed by atoms with Crippen LogP contribution in [0.2, 0.25) is 0 Å². The lowest BCUT2D eigenvalue weighted by atomic mass is 10.0. The number of rotatable bonds is 6. The average molecular weight is 226 g/mol. The largest absolute Gasteiger partial charge is 0.300 e. The van der Waals surface area contributed by atoms with E-state index in [-0.39, 0.29) is 18.8 Å². The van der Waals surface area contributed by atoms with Gasteiger partial charge in [-0.2, -0.15) is 0 Å². The lowest BCUT2D eigenvalue weighted by Crippen LogP contribution is -2.06. The molecule has 0 amide bonds. The Hall–Kier alpha value is -1.27. The van der Waals surface area contributed by atoms with Crippen LogP contribution in [0.1, 0.15) is 30.6 Å². The second kappa shape index (κ2) is 6.34. The van der Waals surface area contributed by atoms with Gasteiger partial charge >= 0.3 is 0 Å². The Balaban J connectivity index is 2.73. The molecule has 16 heavy (non-hydrogen) atoms. The number of Topliss-reactive ketones (excluding diaryl/α,β-unsaturated/α-hetero) is 1. The third-order valence-electron chi connectivity index (χ3n) is 2.18. The summed E-state index contributed by atoms with van der Waals surface area (Å²) in [6, 6.07) is 6.85. The van der Waals surface area contributed by atoms with Crippen LogP contribution in [-0.4, -0.2) is 16.3 Å². The van der Waals surface area contributed by atoms with E-state index in [4.69, 9.17) is 10.5 Å². The fourth-order valence-corrected chi connectivity index (χ4v) is 1.38. The van der Waals surface area contributed by atoms with Crippen molar-refractivity contribution in [1.82, 2.24) is 0 Å². The van der Waals surface area contributed by atoms with Crippen LogP contribution in [-0.2, 0) is 21.2 Å². The van der Waals surface area contributed by atoms with Crippen molar-refractivity contribution in [3.63, 3.8) is 0 Å². The van der Waals surface area contributed by atoms with E-state index in [1.807, 2.05) is 0 Å². The van der Waals surface area contributed by atoms with E-state index >= 15 is 0 Å². The lowest BCUT2D eigenvalue weighted by Gasteiger charge is -2.12. The molecule has 0 spiro atoms. The van der Waals surface area contributed by atoms with Gasteiger partial charge in [-0.15, -0.1) is 0 Å². The summed E-state index contributed by atoms with van der Waals surface area (Å²) in [5.74, 6) is -0.0678. The molecule has 1 atom stereocenters. The molecular formula is C11H14O5. The summed E-state index contributed by atoms with van der Waals surface area (Å²) in [7, 11) is 0. The maximum atomic E-state index is 10.9. The van der Waals surface area contributed by atoms with E-state index in [9.17, 15) is 4.79 Å². The highest BCUT2D eigenvalue weighted by Crippen LogP contribution is 2.21. The van der Waals surface area contributed by atoms with Crippen molar-refractivity contribution in [3.05, 3.63) is 35.4 Å². The van der Waals surface area contributed by atoms with Crippen LogP contribution in [0, 0.1) is 0 Å². The van der Waals surface area contributed by atoms with Crippen molar-refractivity contribution in [1.29, 1.82) is 0 Å². The van der Waals surface area contributed by atoms with E-state index in [0.29, 0.717) is 5.56 Å². The van der Waals surface area contributed by atoms with Crippen LogP contribution in [0.4, 0.5) is 0 Å². The Morgan fingerprint density at radius 1 is 1.31 bits per heavy atom. The van der Waals surface area contributed by atoms with Gasteiger partial charge in [0.2, 0.25) is 0 Å². The number of carbonyl (C=O) groups excluding carboxylic acids is 1. The number of ketones is 1. The monoisotopic (exact) mass is 226 g/mol. The summed E-state index contributed by atoms with van der Waals surface area (Å²) in [4.78, 5) is 19.1. The molecule has 1 unspecified atom stereocenters. The quantitative estimate of drug-likeness (QED) is 0.574. The second-order valence-electron chi connectivity index (χ2n) is 3.52. The van der Waals surface area contributed by atoms with Gasteiger partial charge in [0.25, 0.3) is 0 Å². The van der Waals surface area contributed by atoms with E-state index in [2.05, 4.69) is 9.78 Å². The summed E-state index contributed by atoms with van der Waals surface area (Å²) < 4.78 is 0. The Bertz CT molecular complexity index is 333. The summed E-state index contributed by atoms with van der Waals surface area (Å²) in [5.41, 5.74) is 1.48. The first-order chi connectivity index (χ1) is 7.67. The molecule has 0 heterocycles. The molecule has 0 bridgehead atoms. The van der Waals surface area contributed by atoms with Gasteiger partial charge in [0, 0.05) is 6.42 Å². The third-order valence-corrected chi connectivity index (χ3v) is 2.18. The summed E-state index contributed by atoms with van der Waals surface area (Å²) in [6.07, 6.45) is -0.534. The van der Waals surface area contributed by atoms with E-state index in [0.717, 1.165) is 5.56 Å². The highest BCUT2D eigenvalue weighted by molar-refractivity contribution is 5.76. The van der Waals surface area contributed by atoms with Crippen molar-refractivity contribution >= 4 is 5.78 Å². The zero-order valence-electron chi connectivity index (χ0n) is 8.92. The minimum atomic E-state index is -0.651. The van der Waals surface area contributed by atoms with E-state index < -0.39 is 6.10 Å². The van der Waals surface area contributed by atoms with Crippen LogP contribution in [0.25, 0.3) is 0 Å². The second-order valence-corrected chi connectivity index (χ2v) is 3.52. The van der Waals surface area contributed by atoms with Crippen LogP contribution in [0.3, 0.4) is 0 Å². The minimum absolute atomic E-state index is 0.0678. The summed E-state index contributed by atoms with van der Waals surface area (Å²) in [5, 5.41) is 16.9. The number of hydrogen-bond acceptors (Lipinski definition) is 5. The molecule has 1 aromatic rings. The normalized spacial score (nSPS) is 12.4. The highest BCUT2D eigenvalue weighted by atomic mass is 17.1. The predicted octanol–water partition coefficient (Wildman–Crippen LogP) is 2.19. The van der Waals surface area contributed by atoms with Crippen LogP contribution < -0.4 is 0 Å². The fourth-order valence-electron chi connectivity index (χ4n) is 1.38. The molecule has 1 aromatic carbocycles. The van der Waals surface area contributed by atoms with Gasteiger partial charge in [0.1, 0.15) is 18.5 Å². The van der Waals surface area contributed by atoms with Crippen LogP contribution >= 0.6 is 0 Å². The Kier molecular flexibility index (Phi) is 5.07. The van der Waals surface area contributed by atoms with E-state index in [1.165, 1.54) is 6.92 Å².